The zero-order chi connectivity index (χ0) is 21.2. The van der Waals surface area contributed by atoms with E-state index >= 15 is 0 Å². The SMILES string of the molecule is COc1ccccc1-c1cc2nc(C)cc(N3CCC(Cc4ccccc4)CC3)n2n1. The Hall–Kier alpha value is -3.34. The van der Waals surface area contributed by atoms with Crippen molar-refractivity contribution >= 4 is 11.5 Å². The summed E-state index contributed by atoms with van der Waals surface area (Å²) in [6.07, 6.45) is 3.55. The Balaban J connectivity index is 1.41. The summed E-state index contributed by atoms with van der Waals surface area (Å²) in [5.41, 5.74) is 5.20. The number of para-hydroxylation sites is 1. The van der Waals surface area contributed by atoms with E-state index in [0.717, 1.165) is 53.2 Å². The largest absolute Gasteiger partial charge is 0.496 e. The first-order chi connectivity index (χ1) is 15.2. The van der Waals surface area contributed by atoms with Crippen LogP contribution in [-0.2, 0) is 6.42 Å². The average molecular weight is 413 g/mol. The van der Waals surface area contributed by atoms with Crippen molar-refractivity contribution in [2.75, 3.05) is 25.1 Å². The van der Waals surface area contributed by atoms with Crippen molar-refractivity contribution < 1.29 is 4.74 Å². The van der Waals surface area contributed by atoms with Crippen LogP contribution in [-0.4, -0.2) is 34.8 Å². The standard InChI is InChI=1S/C26H28N4O/c1-19-16-26(29-14-12-21(13-15-29)17-20-8-4-3-5-9-20)30-25(27-19)18-23(28-30)22-10-6-7-11-24(22)31-2/h3-11,16,18,21H,12-15,17H2,1-2H3. The quantitative estimate of drug-likeness (QED) is 0.453. The number of aromatic nitrogens is 3. The van der Waals surface area contributed by atoms with Crippen molar-refractivity contribution in [2.24, 2.45) is 5.92 Å². The lowest BCUT2D eigenvalue weighted by atomic mass is 9.90. The molecule has 1 aliphatic heterocycles. The molecule has 0 aliphatic carbocycles. The van der Waals surface area contributed by atoms with E-state index in [9.17, 15) is 0 Å². The molecule has 5 heteroatoms. The predicted octanol–water partition coefficient (Wildman–Crippen LogP) is 5.17. The minimum atomic E-state index is 0.735. The van der Waals surface area contributed by atoms with Crippen molar-refractivity contribution in [3.63, 3.8) is 0 Å². The molecule has 158 valence electrons. The smallest absolute Gasteiger partial charge is 0.158 e. The van der Waals surface area contributed by atoms with Gasteiger partial charge in [0.05, 0.1) is 12.8 Å². The first kappa shape index (κ1) is 19.6. The van der Waals surface area contributed by atoms with Crippen molar-refractivity contribution in [3.05, 3.63) is 78.0 Å². The fraction of sp³-hybridized carbons (Fsp3) is 0.308. The van der Waals surface area contributed by atoms with Crippen LogP contribution in [0.2, 0.25) is 0 Å². The molecular weight excluding hydrogens is 384 g/mol. The van der Waals surface area contributed by atoms with Crippen LogP contribution in [0.15, 0.2) is 66.7 Å². The van der Waals surface area contributed by atoms with Crippen LogP contribution in [0, 0.1) is 12.8 Å². The Kier molecular flexibility index (Phi) is 5.33. The first-order valence-corrected chi connectivity index (χ1v) is 11.0. The van der Waals surface area contributed by atoms with Gasteiger partial charge in [-0.2, -0.15) is 9.61 Å². The summed E-state index contributed by atoms with van der Waals surface area (Å²) < 4.78 is 7.54. The fourth-order valence-electron chi connectivity index (χ4n) is 4.61. The number of anilines is 1. The van der Waals surface area contributed by atoms with Gasteiger partial charge in [0.25, 0.3) is 0 Å². The molecule has 0 spiro atoms. The molecule has 0 unspecified atom stereocenters. The highest BCUT2D eigenvalue weighted by Crippen LogP contribution is 2.31. The molecule has 31 heavy (non-hydrogen) atoms. The number of piperidine rings is 1. The molecule has 4 aromatic rings. The summed E-state index contributed by atoms with van der Waals surface area (Å²) in [5, 5.41) is 4.93. The number of fused-ring (bicyclic) bond motifs is 1. The molecule has 1 aliphatic rings. The van der Waals surface area contributed by atoms with Crippen LogP contribution in [0.1, 0.15) is 24.1 Å². The van der Waals surface area contributed by atoms with Crippen molar-refractivity contribution in [3.8, 4) is 17.0 Å². The number of benzene rings is 2. The van der Waals surface area contributed by atoms with Crippen LogP contribution in [0.25, 0.3) is 16.9 Å². The van der Waals surface area contributed by atoms with Gasteiger partial charge in [0, 0.05) is 36.5 Å². The molecule has 1 fully saturated rings. The summed E-state index contributed by atoms with van der Waals surface area (Å²) >= 11 is 0. The van der Waals surface area contributed by atoms with Gasteiger partial charge < -0.3 is 9.64 Å². The number of ether oxygens (including phenoxy) is 1. The minimum Gasteiger partial charge on any atom is -0.496 e. The van der Waals surface area contributed by atoms with Crippen LogP contribution in [0.3, 0.4) is 0 Å². The summed E-state index contributed by atoms with van der Waals surface area (Å²) in [5.74, 6) is 2.69. The normalized spacial score (nSPS) is 14.8. The third-order valence-corrected chi connectivity index (χ3v) is 6.23. The van der Waals surface area contributed by atoms with Crippen molar-refractivity contribution in [2.45, 2.75) is 26.2 Å². The van der Waals surface area contributed by atoms with Crippen LogP contribution in [0.4, 0.5) is 5.82 Å². The lowest BCUT2D eigenvalue weighted by Crippen LogP contribution is -2.35. The summed E-state index contributed by atoms with van der Waals surface area (Å²) in [4.78, 5) is 7.20. The van der Waals surface area contributed by atoms with Crippen LogP contribution in [0.5, 0.6) is 5.75 Å². The molecule has 0 bridgehead atoms. The molecule has 2 aromatic carbocycles. The van der Waals surface area contributed by atoms with Gasteiger partial charge in [0.15, 0.2) is 5.65 Å². The fourth-order valence-corrected chi connectivity index (χ4v) is 4.61. The van der Waals surface area contributed by atoms with Crippen molar-refractivity contribution in [1.29, 1.82) is 0 Å². The second-order valence-corrected chi connectivity index (χ2v) is 8.38. The number of nitrogens with zero attached hydrogens (tertiary/aromatic N) is 4. The van der Waals surface area contributed by atoms with E-state index in [1.54, 1.807) is 7.11 Å². The van der Waals surface area contributed by atoms with E-state index in [0.29, 0.717) is 0 Å². The molecule has 2 aromatic heterocycles. The molecule has 5 nitrogen and oxygen atoms in total. The van der Waals surface area contributed by atoms with E-state index in [1.165, 1.54) is 24.8 Å². The molecular formula is C26H28N4O. The van der Waals surface area contributed by atoms with Gasteiger partial charge in [-0.25, -0.2) is 4.98 Å². The number of aryl methyl sites for hydroxylation is 1. The average Bonchev–Trinajstić information content (AvgIpc) is 3.23. The van der Waals surface area contributed by atoms with Crippen LogP contribution >= 0.6 is 0 Å². The topological polar surface area (TPSA) is 42.7 Å². The highest BCUT2D eigenvalue weighted by molar-refractivity contribution is 5.71. The first-order valence-electron chi connectivity index (χ1n) is 11.0. The second-order valence-electron chi connectivity index (χ2n) is 8.38. The zero-order valence-corrected chi connectivity index (χ0v) is 18.2. The van der Waals surface area contributed by atoms with Gasteiger partial charge in [-0.05, 0) is 49.8 Å². The molecule has 1 saturated heterocycles. The van der Waals surface area contributed by atoms with E-state index in [4.69, 9.17) is 14.8 Å². The van der Waals surface area contributed by atoms with Gasteiger partial charge in [-0.3, -0.25) is 0 Å². The van der Waals surface area contributed by atoms with Crippen LogP contribution < -0.4 is 9.64 Å². The van der Waals surface area contributed by atoms with Gasteiger partial charge in [0.2, 0.25) is 0 Å². The van der Waals surface area contributed by atoms with Crippen molar-refractivity contribution in [1.82, 2.24) is 14.6 Å². The second kappa shape index (κ2) is 8.42. The lowest BCUT2D eigenvalue weighted by Gasteiger charge is -2.33. The third kappa shape index (κ3) is 4.00. The summed E-state index contributed by atoms with van der Waals surface area (Å²) in [6.45, 7) is 4.14. The maximum atomic E-state index is 5.55. The Morgan fingerprint density at radius 3 is 2.48 bits per heavy atom. The van der Waals surface area contributed by atoms with Gasteiger partial charge >= 0.3 is 0 Å². The molecule has 3 heterocycles. The Bertz CT molecular complexity index is 1180. The highest BCUT2D eigenvalue weighted by Gasteiger charge is 2.23. The lowest BCUT2D eigenvalue weighted by molar-refractivity contribution is 0.401. The number of rotatable bonds is 5. The number of hydrogen-bond donors (Lipinski definition) is 0. The molecule has 0 amide bonds. The Labute approximate surface area is 183 Å². The number of methoxy groups -OCH3 is 1. The third-order valence-electron chi connectivity index (χ3n) is 6.23. The Morgan fingerprint density at radius 1 is 0.968 bits per heavy atom. The molecule has 0 N–H and O–H groups in total. The van der Waals surface area contributed by atoms with E-state index in [-0.39, 0.29) is 0 Å². The monoisotopic (exact) mass is 412 g/mol. The Morgan fingerprint density at radius 2 is 1.71 bits per heavy atom. The predicted molar refractivity (Wildman–Crippen MR) is 125 cm³/mol. The van der Waals surface area contributed by atoms with E-state index < -0.39 is 0 Å². The van der Waals surface area contributed by atoms with E-state index in [1.807, 2.05) is 28.8 Å². The molecule has 5 rings (SSSR count). The molecule has 0 atom stereocenters. The molecule has 0 saturated carbocycles. The maximum absolute atomic E-state index is 5.55. The maximum Gasteiger partial charge on any atom is 0.158 e. The minimum absolute atomic E-state index is 0.735. The van der Waals surface area contributed by atoms with Gasteiger partial charge in [0.1, 0.15) is 11.6 Å². The van der Waals surface area contributed by atoms with Gasteiger partial charge in [-0.1, -0.05) is 42.5 Å². The summed E-state index contributed by atoms with van der Waals surface area (Å²) in [7, 11) is 1.70. The van der Waals surface area contributed by atoms with Gasteiger partial charge in [-0.15, -0.1) is 0 Å². The highest BCUT2D eigenvalue weighted by atomic mass is 16.5. The zero-order valence-electron chi connectivity index (χ0n) is 18.2. The molecule has 0 radical (unpaired) electrons. The number of hydrogen-bond acceptors (Lipinski definition) is 4. The summed E-state index contributed by atoms with van der Waals surface area (Å²) in [6, 6.07) is 23.1. The van der Waals surface area contributed by atoms with E-state index in [2.05, 4.69) is 54.3 Å².